The SMILES string of the molecule is Cc1cccc(CS(=O)(=O)c2ccc3c(c2)CCCN3)c1. The first-order valence-corrected chi connectivity index (χ1v) is 8.85. The Morgan fingerprint density at radius 2 is 2.00 bits per heavy atom. The molecule has 110 valence electrons. The predicted molar refractivity (Wildman–Crippen MR) is 85.3 cm³/mol. The van der Waals surface area contributed by atoms with Crippen LogP contribution < -0.4 is 5.32 Å². The lowest BCUT2D eigenvalue weighted by molar-refractivity contribution is 0.595. The van der Waals surface area contributed by atoms with Gasteiger partial charge in [-0.15, -0.1) is 0 Å². The van der Waals surface area contributed by atoms with Gasteiger partial charge in [0.25, 0.3) is 0 Å². The summed E-state index contributed by atoms with van der Waals surface area (Å²) in [5, 5.41) is 3.30. The van der Waals surface area contributed by atoms with Crippen LogP contribution in [0.3, 0.4) is 0 Å². The lowest BCUT2D eigenvalue weighted by Gasteiger charge is -2.18. The molecule has 21 heavy (non-hydrogen) atoms. The molecule has 3 nitrogen and oxygen atoms in total. The molecule has 0 saturated heterocycles. The lowest BCUT2D eigenvalue weighted by Crippen LogP contribution is -2.13. The molecule has 4 heteroatoms. The summed E-state index contributed by atoms with van der Waals surface area (Å²) in [6, 6.07) is 13.1. The number of sulfone groups is 1. The highest BCUT2D eigenvalue weighted by Crippen LogP contribution is 2.26. The van der Waals surface area contributed by atoms with E-state index in [2.05, 4.69) is 5.32 Å². The number of anilines is 1. The first-order valence-electron chi connectivity index (χ1n) is 7.20. The van der Waals surface area contributed by atoms with E-state index in [1.54, 1.807) is 6.07 Å². The number of rotatable bonds is 3. The average Bonchev–Trinajstić information content (AvgIpc) is 2.46. The van der Waals surface area contributed by atoms with Gasteiger partial charge in [0.05, 0.1) is 10.6 Å². The van der Waals surface area contributed by atoms with Crippen LogP contribution in [0.5, 0.6) is 0 Å². The molecule has 0 radical (unpaired) electrons. The van der Waals surface area contributed by atoms with E-state index in [0.29, 0.717) is 4.90 Å². The molecule has 0 bridgehead atoms. The first-order chi connectivity index (χ1) is 10.0. The topological polar surface area (TPSA) is 46.2 Å². The summed E-state index contributed by atoms with van der Waals surface area (Å²) in [5.74, 6) is 0.0564. The van der Waals surface area contributed by atoms with Crippen LogP contribution in [0.2, 0.25) is 0 Å². The Morgan fingerprint density at radius 1 is 1.14 bits per heavy atom. The zero-order chi connectivity index (χ0) is 14.9. The van der Waals surface area contributed by atoms with Crippen molar-refractivity contribution in [1.29, 1.82) is 0 Å². The van der Waals surface area contributed by atoms with Gasteiger partial charge in [0, 0.05) is 12.2 Å². The predicted octanol–water partition coefficient (Wildman–Crippen LogP) is 3.33. The minimum Gasteiger partial charge on any atom is -0.385 e. The molecule has 0 unspecified atom stereocenters. The number of fused-ring (bicyclic) bond motifs is 1. The second-order valence-electron chi connectivity index (χ2n) is 5.60. The fraction of sp³-hybridized carbons (Fsp3) is 0.294. The number of aryl methyl sites for hydroxylation is 2. The van der Waals surface area contributed by atoms with Gasteiger partial charge in [-0.25, -0.2) is 8.42 Å². The van der Waals surface area contributed by atoms with Crippen LogP contribution in [0.15, 0.2) is 47.4 Å². The van der Waals surface area contributed by atoms with Gasteiger partial charge in [0.1, 0.15) is 0 Å². The van der Waals surface area contributed by atoms with E-state index in [4.69, 9.17) is 0 Å². The monoisotopic (exact) mass is 301 g/mol. The van der Waals surface area contributed by atoms with Gasteiger partial charge >= 0.3 is 0 Å². The standard InChI is InChI=1S/C17H19NO2S/c1-13-4-2-5-14(10-13)12-21(19,20)16-7-8-17-15(11-16)6-3-9-18-17/h2,4-5,7-8,10-11,18H,3,6,9,12H2,1H3. The number of hydrogen-bond donors (Lipinski definition) is 1. The van der Waals surface area contributed by atoms with Crippen LogP contribution in [0.25, 0.3) is 0 Å². The van der Waals surface area contributed by atoms with Crippen LogP contribution in [0.4, 0.5) is 5.69 Å². The maximum Gasteiger partial charge on any atom is 0.182 e. The summed E-state index contributed by atoms with van der Waals surface area (Å²) in [6.07, 6.45) is 1.99. The van der Waals surface area contributed by atoms with Crippen molar-refractivity contribution in [2.24, 2.45) is 0 Å². The van der Waals surface area contributed by atoms with Gasteiger partial charge in [-0.1, -0.05) is 29.8 Å². The molecule has 0 amide bonds. The van der Waals surface area contributed by atoms with E-state index in [1.807, 2.05) is 43.3 Å². The maximum atomic E-state index is 12.6. The summed E-state index contributed by atoms with van der Waals surface area (Å²) in [6.45, 7) is 2.93. The maximum absolute atomic E-state index is 12.6. The van der Waals surface area contributed by atoms with Crippen molar-refractivity contribution in [1.82, 2.24) is 0 Å². The fourth-order valence-electron chi connectivity index (χ4n) is 2.75. The van der Waals surface area contributed by atoms with Gasteiger partial charge in [-0.05, 0) is 49.1 Å². The van der Waals surface area contributed by atoms with E-state index < -0.39 is 9.84 Å². The highest BCUT2D eigenvalue weighted by atomic mass is 32.2. The van der Waals surface area contributed by atoms with E-state index >= 15 is 0 Å². The normalized spacial score (nSPS) is 14.3. The molecule has 1 heterocycles. The Balaban J connectivity index is 1.91. The van der Waals surface area contributed by atoms with Gasteiger partial charge in [-0.2, -0.15) is 0 Å². The number of benzene rings is 2. The molecule has 1 aliphatic rings. The van der Waals surface area contributed by atoms with E-state index in [-0.39, 0.29) is 5.75 Å². The molecule has 0 saturated carbocycles. The van der Waals surface area contributed by atoms with Crippen molar-refractivity contribution >= 4 is 15.5 Å². The zero-order valence-electron chi connectivity index (χ0n) is 12.1. The Hall–Kier alpha value is -1.81. The first kappa shape index (κ1) is 14.1. The van der Waals surface area contributed by atoms with Gasteiger partial charge in [-0.3, -0.25) is 0 Å². The minimum absolute atomic E-state index is 0.0564. The summed E-state index contributed by atoms with van der Waals surface area (Å²) in [4.78, 5) is 0.423. The Labute approximate surface area is 125 Å². The molecular weight excluding hydrogens is 282 g/mol. The smallest absolute Gasteiger partial charge is 0.182 e. The molecule has 1 N–H and O–H groups in total. The second-order valence-corrected chi connectivity index (χ2v) is 7.59. The fourth-order valence-corrected chi connectivity index (χ4v) is 4.13. The number of hydrogen-bond acceptors (Lipinski definition) is 3. The second kappa shape index (κ2) is 5.53. The van der Waals surface area contributed by atoms with E-state index in [9.17, 15) is 8.42 Å². The Morgan fingerprint density at radius 3 is 2.81 bits per heavy atom. The van der Waals surface area contributed by atoms with Crippen molar-refractivity contribution in [2.45, 2.75) is 30.4 Å². The van der Waals surface area contributed by atoms with E-state index in [0.717, 1.165) is 41.8 Å². The summed E-state index contributed by atoms with van der Waals surface area (Å²) >= 11 is 0. The summed E-state index contributed by atoms with van der Waals surface area (Å²) < 4.78 is 25.2. The summed E-state index contributed by atoms with van der Waals surface area (Å²) in [5.41, 5.74) is 4.09. The molecule has 0 fully saturated rings. The third-order valence-corrected chi connectivity index (χ3v) is 5.50. The molecule has 1 aliphatic heterocycles. The Bertz CT molecular complexity index is 766. The third-order valence-electron chi connectivity index (χ3n) is 3.81. The van der Waals surface area contributed by atoms with Gasteiger partial charge < -0.3 is 5.32 Å². The van der Waals surface area contributed by atoms with Crippen molar-refractivity contribution in [3.05, 3.63) is 59.2 Å². The lowest BCUT2D eigenvalue weighted by atomic mass is 10.0. The Kier molecular flexibility index (Phi) is 3.72. The van der Waals surface area contributed by atoms with Crippen LogP contribution >= 0.6 is 0 Å². The molecule has 0 aromatic heterocycles. The molecule has 0 atom stereocenters. The highest BCUT2D eigenvalue weighted by molar-refractivity contribution is 7.90. The van der Waals surface area contributed by atoms with E-state index in [1.165, 1.54) is 0 Å². The third kappa shape index (κ3) is 3.10. The molecular formula is C17H19NO2S. The van der Waals surface area contributed by atoms with Crippen LogP contribution in [0, 0.1) is 6.92 Å². The quantitative estimate of drug-likeness (QED) is 0.946. The highest BCUT2D eigenvalue weighted by Gasteiger charge is 2.18. The molecule has 0 aliphatic carbocycles. The van der Waals surface area contributed by atoms with Crippen LogP contribution in [0.1, 0.15) is 23.1 Å². The van der Waals surface area contributed by atoms with Gasteiger partial charge in [0.15, 0.2) is 9.84 Å². The van der Waals surface area contributed by atoms with Crippen LogP contribution in [-0.2, 0) is 22.0 Å². The van der Waals surface area contributed by atoms with Crippen molar-refractivity contribution in [3.8, 4) is 0 Å². The molecule has 2 aromatic carbocycles. The van der Waals surface area contributed by atoms with Crippen molar-refractivity contribution in [2.75, 3.05) is 11.9 Å². The van der Waals surface area contributed by atoms with Crippen molar-refractivity contribution < 1.29 is 8.42 Å². The minimum atomic E-state index is -3.29. The summed E-state index contributed by atoms with van der Waals surface area (Å²) in [7, 11) is -3.29. The zero-order valence-corrected chi connectivity index (χ0v) is 12.9. The van der Waals surface area contributed by atoms with Crippen molar-refractivity contribution in [3.63, 3.8) is 0 Å². The number of nitrogens with one attached hydrogen (secondary N) is 1. The van der Waals surface area contributed by atoms with Crippen LogP contribution in [-0.4, -0.2) is 15.0 Å². The molecule has 3 rings (SSSR count). The molecule has 2 aromatic rings. The molecule has 0 spiro atoms. The van der Waals surface area contributed by atoms with Gasteiger partial charge in [0.2, 0.25) is 0 Å². The average molecular weight is 301 g/mol. The largest absolute Gasteiger partial charge is 0.385 e.